The number of Topliss-reactive ketones (excluding diaryl/α,β-unsaturated/α-hetero) is 1. The Balaban J connectivity index is 1.95. The highest BCUT2D eigenvalue weighted by atomic mass is 16.6. The minimum Gasteiger partial charge on any atom is -0.480 e. The van der Waals surface area contributed by atoms with Gasteiger partial charge in [-0.3, -0.25) is 14.5 Å². The van der Waals surface area contributed by atoms with Crippen molar-refractivity contribution in [1.82, 2.24) is 10.2 Å². The maximum Gasteiger partial charge on any atom is 0.410 e. The van der Waals surface area contributed by atoms with Crippen LogP contribution in [0.1, 0.15) is 72.9 Å². The summed E-state index contributed by atoms with van der Waals surface area (Å²) in [5.41, 5.74) is 0.269. The molecule has 0 aliphatic carbocycles. The van der Waals surface area contributed by atoms with Crippen molar-refractivity contribution in [2.45, 2.75) is 91.5 Å². The van der Waals surface area contributed by atoms with Crippen LogP contribution in [-0.2, 0) is 35.9 Å². The number of carboxylic acids is 1. The molecule has 0 bridgehead atoms. The molecule has 0 saturated carbocycles. The first-order valence-electron chi connectivity index (χ1n) is 14.9. The van der Waals surface area contributed by atoms with E-state index in [-0.39, 0.29) is 30.6 Å². The lowest BCUT2D eigenvalue weighted by Gasteiger charge is -2.37. The molecule has 2 aromatic carbocycles. The quantitative estimate of drug-likeness (QED) is 0.254. The molecule has 2 rings (SSSR count). The molecule has 0 radical (unpaired) electrons. The molecule has 0 saturated heterocycles. The van der Waals surface area contributed by atoms with Gasteiger partial charge in [0.25, 0.3) is 0 Å². The van der Waals surface area contributed by atoms with Crippen LogP contribution in [0.2, 0.25) is 0 Å². The van der Waals surface area contributed by atoms with Gasteiger partial charge in [-0.1, -0.05) is 77.1 Å². The monoisotopic (exact) mass is 625 g/mol. The Labute approximate surface area is 265 Å². The number of rotatable bonds is 13. The molecule has 3 amide bonds. The van der Waals surface area contributed by atoms with Gasteiger partial charge >= 0.3 is 18.2 Å². The number of alkyl carbamates (subject to hydrolysis) is 1. The van der Waals surface area contributed by atoms with Crippen LogP contribution in [0.25, 0.3) is 0 Å². The van der Waals surface area contributed by atoms with Gasteiger partial charge < -0.3 is 25.2 Å². The zero-order chi connectivity index (χ0) is 34.1. The van der Waals surface area contributed by atoms with E-state index >= 15 is 0 Å². The molecular formula is C34H47N3O8. The highest BCUT2D eigenvalue weighted by Gasteiger charge is 2.42. The highest BCUT2D eigenvalue weighted by Crippen LogP contribution is 2.30. The smallest absolute Gasteiger partial charge is 0.410 e. The molecular weight excluding hydrogens is 578 g/mol. The van der Waals surface area contributed by atoms with E-state index < -0.39 is 47.2 Å². The van der Waals surface area contributed by atoms with Gasteiger partial charge in [0.15, 0.2) is 5.78 Å². The molecule has 11 heteroatoms. The average molecular weight is 626 g/mol. The number of ether oxygens (including phenoxy) is 2. The number of ketones is 1. The minimum atomic E-state index is -1.18. The Morgan fingerprint density at radius 3 is 1.98 bits per heavy atom. The van der Waals surface area contributed by atoms with Crippen LogP contribution in [0.4, 0.5) is 15.3 Å². The Morgan fingerprint density at radius 1 is 0.889 bits per heavy atom. The van der Waals surface area contributed by atoms with Crippen molar-refractivity contribution >= 4 is 35.5 Å². The second kappa shape index (κ2) is 15.5. The molecule has 0 unspecified atom stereocenters. The van der Waals surface area contributed by atoms with Crippen LogP contribution in [0.3, 0.4) is 0 Å². The lowest BCUT2D eigenvalue weighted by molar-refractivity contribution is -0.144. The SMILES string of the molecule is CC(C)[C@H](NC(=O)OC(C)(C)C)C(=O)C[C@@H](C)C(=O)Nc1ccc(COC(=O)N(C)[C@H](C(=O)O)C(C)(C)c2ccccc2)cc1. The average Bonchev–Trinajstić information content (AvgIpc) is 2.94. The van der Waals surface area contributed by atoms with Gasteiger partial charge in [-0.15, -0.1) is 0 Å². The third kappa shape index (κ3) is 10.9. The molecule has 246 valence electrons. The third-order valence-electron chi connectivity index (χ3n) is 7.34. The molecule has 0 heterocycles. The third-order valence-corrected chi connectivity index (χ3v) is 7.34. The van der Waals surface area contributed by atoms with E-state index in [1.54, 1.807) is 79.7 Å². The minimum absolute atomic E-state index is 0.0789. The van der Waals surface area contributed by atoms with Gasteiger partial charge in [-0.25, -0.2) is 14.4 Å². The van der Waals surface area contributed by atoms with E-state index in [1.807, 2.05) is 30.3 Å². The lowest BCUT2D eigenvalue weighted by Crippen LogP contribution is -2.53. The standard InChI is InChI=1S/C34H47N3O8/c1-21(2)27(36-31(42)45-33(4,5)6)26(38)19-22(3)29(39)35-25-17-15-23(16-18-25)20-44-32(43)37(9)28(30(40)41)34(7,8)24-13-11-10-12-14-24/h10-18,21-22,27-28H,19-20H2,1-9H3,(H,35,39)(H,36,42)(H,40,41)/t22-,27+,28-/m1/s1. The zero-order valence-electron chi connectivity index (χ0n) is 27.7. The molecule has 3 atom stereocenters. The van der Waals surface area contributed by atoms with Gasteiger partial charge in [0.05, 0.1) is 6.04 Å². The molecule has 0 aliphatic heterocycles. The Kier molecular flexibility index (Phi) is 12.7. The number of carboxylic acid groups (broad SMARTS) is 1. The maximum atomic E-state index is 13.0. The fourth-order valence-electron chi connectivity index (χ4n) is 4.86. The van der Waals surface area contributed by atoms with Crippen molar-refractivity contribution in [2.75, 3.05) is 12.4 Å². The fourth-order valence-corrected chi connectivity index (χ4v) is 4.86. The van der Waals surface area contributed by atoms with Crippen LogP contribution in [0.15, 0.2) is 54.6 Å². The van der Waals surface area contributed by atoms with E-state index in [1.165, 1.54) is 7.05 Å². The number of anilines is 1. The predicted octanol–water partition coefficient (Wildman–Crippen LogP) is 5.77. The first-order chi connectivity index (χ1) is 20.8. The summed E-state index contributed by atoms with van der Waals surface area (Å²) in [6.45, 7) is 13.8. The molecule has 11 nitrogen and oxygen atoms in total. The summed E-state index contributed by atoms with van der Waals surface area (Å²) in [6.07, 6.45) is -1.56. The van der Waals surface area contributed by atoms with Crippen molar-refractivity contribution in [2.24, 2.45) is 11.8 Å². The molecule has 0 aromatic heterocycles. The van der Waals surface area contributed by atoms with E-state index in [4.69, 9.17) is 9.47 Å². The van der Waals surface area contributed by atoms with Crippen LogP contribution in [0.5, 0.6) is 0 Å². The van der Waals surface area contributed by atoms with Gasteiger partial charge in [-0.2, -0.15) is 0 Å². The van der Waals surface area contributed by atoms with Gasteiger partial charge in [0.1, 0.15) is 18.2 Å². The van der Waals surface area contributed by atoms with Gasteiger partial charge in [-0.05, 0) is 49.9 Å². The molecule has 0 aliphatic rings. The van der Waals surface area contributed by atoms with Gasteiger partial charge in [0.2, 0.25) is 5.91 Å². The number of carbonyl (C=O) groups excluding carboxylic acids is 4. The predicted molar refractivity (Wildman–Crippen MR) is 171 cm³/mol. The molecule has 0 fully saturated rings. The molecule has 45 heavy (non-hydrogen) atoms. The number of hydrogen-bond acceptors (Lipinski definition) is 7. The second-order valence-corrected chi connectivity index (χ2v) is 13.1. The first-order valence-corrected chi connectivity index (χ1v) is 14.9. The van der Waals surface area contributed by atoms with Crippen molar-refractivity contribution in [3.05, 3.63) is 65.7 Å². The summed E-state index contributed by atoms with van der Waals surface area (Å²) < 4.78 is 10.7. The molecule has 2 aromatic rings. The van der Waals surface area contributed by atoms with E-state index in [2.05, 4.69) is 10.6 Å². The second-order valence-electron chi connectivity index (χ2n) is 13.1. The number of amides is 3. The van der Waals surface area contributed by atoms with Crippen LogP contribution in [0, 0.1) is 11.8 Å². The van der Waals surface area contributed by atoms with Crippen LogP contribution >= 0.6 is 0 Å². The lowest BCUT2D eigenvalue weighted by atomic mass is 9.77. The normalized spacial score (nSPS) is 13.6. The summed E-state index contributed by atoms with van der Waals surface area (Å²) in [5.74, 6) is -2.68. The summed E-state index contributed by atoms with van der Waals surface area (Å²) in [7, 11) is 1.40. The summed E-state index contributed by atoms with van der Waals surface area (Å²) in [5, 5.41) is 15.4. The van der Waals surface area contributed by atoms with Crippen molar-refractivity contribution in [3.63, 3.8) is 0 Å². The maximum absolute atomic E-state index is 13.0. The number of likely N-dealkylation sites (N-methyl/N-ethyl adjacent to an activating group) is 1. The van der Waals surface area contributed by atoms with E-state index in [0.29, 0.717) is 11.3 Å². The van der Waals surface area contributed by atoms with E-state index in [9.17, 15) is 29.1 Å². The van der Waals surface area contributed by atoms with Crippen molar-refractivity contribution in [1.29, 1.82) is 0 Å². The Morgan fingerprint density at radius 2 is 1.47 bits per heavy atom. The number of aliphatic carboxylic acids is 1. The number of benzene rings is 2. The molecule has 0 spiro atoms. The highest BCUT2D eigenvalue weighted by molar-refractivity contribution is 5.97. The molecule has 3 N–H and O–H groups in total. The van der Waals surface area contributed by atoms with Gasteiger partial charge in [0, 0.05) is 30.5 Å². The first kappa shape index (κ1) is 36.8. The van der Waals surface area contributed by atoms with Crippen LogP contribution < -0.4 is 10.6 Å². The van der Waals surface area contributed by atoms with E-state index in [0.717, 1.165) is 10.5 Å². The Hall–Kier alpha value is -4.41. The van der Waals surface area contributed by atoms with Crippen LogP contribution in [-0.4, -0.2) is 64.6 Å². The summed E-state index contributed by atoms with van der Waals surface area (Å²) >= 11 is 0. The number of nitrogens with one attached hydrogen (secondary N) is 2. The number of carbonyl (C=O) groups is 5. The Bertz CT molecular complexity index is 1330. The fraction of sp³-hybridized carbons (Fsp3) is 0.500. The van der Waals surface area contributed by atoms with Crippen molar-refractivity contribution in [3.8, 4) is 0 Å². The van der Waals surface area contributed by atoms with Crippen molar-refractivity contribution < 1.29 is 38.6 Å². The zero-order valence-corrected chi connectivity index (χ0v) is 27.7. The summed E-state index contributed by atoms with van der Waals surface area (Å²) in [4.78, 5) is 64.1. The summed E-state index contributed by atoms with van der Waals surface area (Å²) in [6, 6.07) is 13.7. The topological polar surface area (TPSA) is 151 Å². The number of hydrogen-bond donors (Lipinski definition) is 3. The number of nitrogens with zero attached hydrogens (tertiary/aromatic N) is 1. The largest absolute Gasteiger partial charge is 0.480 e.